The lowest BCUT2D eigenvalue weighted by molar-refractivity contribution is 0.106. The van der Waals surface area contributed by atoms with Gasteiger partial charge in [0.1, 0.15) is 0 Å². The summed E-state index contributed by atoms with van der Waals surface area (Å²) >= 11 is 0. The van der Waals surface area contributed by atoms with Gasteiger partial charge in [0.25, 0.3) is 0 Å². The topological polar surface area (TPSA) is 21.3 Å². The number of nitrogens with one attached hydrogen (secondary N) is 1. The molecule has 0 radical (unpaired) electrons. The predicted octanol–water partition coefficient (Wildman–Crippen LogP) is 3.50. The van der Waals surface area contributed by atoms with Crippen molar-refractivity contribution in [1.82, 2.24) is 5.32 Å². The second kappa shape index (κ2) is 7.06. The number of benzene rings is 1. The van der Waals surface area contributed by atoms with Gasteiger partial charge in [0.2, 0.25) is 0 Å². The fourth-order valence-corrected chi connectivity index (χ4v) is 2.74. The molecule has 1 aromatic rings. The molecule has 1 aliphatic carbocycles. The van der Waals surface area contributed by atoms with Crippen molar-refractivity contribution in [3.05, 3.63) is 35.4 Å². The first-order chi connectivity index (χ1) is 9.16. The SMILES string of the molecule is Cc1ccccc1C1CC(NCCOCC(C)C)C1. The molecule has 0 saturated heterocycles. The van der Waals surface area contributed by atoms with E-state index < -0.39 is 0 Å². The Balaban J connectivity index is 1.60. The standard InChI is InChI=1S/C17H27NO/c1-13(2)12-19-9-8-18-16-10-15(11-16)17-7-5-4-6-14(17)3/h4-7,13,15-16,18H,8-12H2,1-3H3. The number of hydrogen-bond donors (Lipinski definition) is 1. The van der Waals surface area contributed by atoms with Crippen LogP contribution in [-0.2, 0) is 4.74 Å². The zero-order valence-electron chi connectivity index (χ0n) is 12.5. The van der Waals surface area contributed by atoms with Crippen LogP contribution in [0, 0.1) is 12.8 Å². The highest BCUT2D eigenvalue weighted by molar-refractivity contribution is 5.31. The average molecular weight is 261 g/mol. The third kappa shape index (κ3) is 4.32. The number of hydrogen-bond acceptors (Lipinski definition) is 2. The minimum Gasteiger partial charge on any atom is -0.380 e. The quantitative estimate of drug-likeness (QED) is 0.758. The van der Waals surface area contributed by atoms with Crippen molar-refractivity contribution in [3.63, 3.8) is 0 Å². The van der Waals surface area contributed by atoms with Gasteiger partial charge in [-0.15, -0.1) is 0 Å². The van der Waals surface area contributed by atoms with Crippen LogP contribution in [-0.4, -0.2) is 25.8 Å². The van der Waals surface area contributed by atoms with Crippen molar-refractivity contribution < 1.29 is 4.74 Å². The van der Waals surface area contributed by atoms with Gasteiger partial charge < -0.3 is 10.1 Å². The zero-order valence-corrected chi connectivity index (χ0v) is 12.5. The molecule has 1 aromatic carbocycles. The van der Waals surface area contributed by atoms with Crippen molar-refractivity contribution in [1.29, 1.82) is 0 Å². The Morgan fingerprint density at radius 1 is 1.26 bits per heavy atom. The lowest BCUT2D eigenvalue weighted by Crippen LogP contribution is -2.41. The summed E-state index contributed by atoms with van der Waals surface area (Å²) in [4.78, 5) is 0. The average Bonchev–Trinajstić information content (AvgIpc) is 2.32. The van der Waals surface area contributed by atoms with Gasteiger partial charge in [0.15, 0.2) is 0 Å². The van der Waals surface area contributed by atoms with E-state index >= 15 is 0 Å². The third-order valence-electron chi connectivity index (χ3n) is 3.90. The maximum Gasteiger partial charge on any atom is 0.0591 e. The maximum atomic E-state index is 5.58. The maximum absolute atomic E-state index is 5.58. The van der Waals surface area contributed by atoms with Crippen LogP contribution in [0.2, 0.25) is 0 Å². The van der Waals surface area contributed by atoms with Crippen LogP contribution in [0.4, 0.5) is 0 Å². The van der Waals surface area contributed by atoms with E-state index in [2.05, 4.69) is 50.4 Å². The van der Waals surface area contributed by atoms with Crippen molar-refractivity contribution in [2.45, 2.75) is 45.6 Å². The molecule has 1 N–H and O–H groups in total. The molecule has 0 amide bonds. The molecule has 0 aromatic heterocycles. The number of aryl methyl sites for hydroxylation is 1. The first kappa shape index (κ1) is 14.5. The van der Waals surface area contributed by atoms with Crippen molar-refractivity contribution in [2.75, 3.05) is 19.8 Å². The molecular formula is C17H27NO. The van der Waals surface area contributed by atoms with Gasteiger partial charge in [-0.1, -0.05) is 38.1 Å². The highest BCUT2D eigenvalue weighted by atomic mass is 16.5. The van der Waals surface area contributed by atoms with Crippen LogP contribution in [0.5, 0.6) is 0 Å². The number of ether oxygens (including phenoxy) is 1. The van der Waals surface area contributed by atoms with Crippen LogP contribution in [0.3, 0.4) is 0 Å². The summed E-state index contributed by atoms with van der Waals surface area (Å²) in [7, 11) is 0. The van der Waals surface area contributed by atoms with E-state index in [9.17, 15) is 0 Å². The van der Waals surface area contributed by atoms with Crippen LogP contribution in [0.25, 0.3) is 0 Å². The lowest BCUT2D eigenvalue weighted by atomic mass is 9.74. The first-order valence-electron chi connectivity index (χ1n) is 7.53. The molecule has 106 valence electrons. The second-order valence-corrected chi connectivity index (χ2v) is 6.14. The monoisotopic (exact) mass is 261 g/mol. The van der Waals surface area contributed by atoms with Gasteiger partial charge in [-0.3, -0.25) is 0 Å². The molecule has 0 atom stereocenters. The van der Waals surface area contributed by atoms with E-state index in [0.29, 0.717) is 12.0 Å². The summed E-state index contributed by atoms with van der Waals surface area (Å²) in [6.07, 6.45) is 2.55. The Morgan fingerprint density at radius 2 is 2.00 bits per heavy atom. The van der Waals surface area contributed by atoms with Crippen LogP contribution in [0.15, 0.2) is 24.3 Å². The van der Waals surface area contributed by atoms with Crippen molar-refractivity contribution >= 4 is 0 Å². The molecule has 2 nitrogen and oxygen atoms in total. The minimum absolute atomic E-state index is 0.633. The molecule has 1 aliphatic rings. The summed E-state index contributed by atoms with van der Waals surface area (Å²) in [6, 6.07) is 9.47. The van der Waals surface area contributed by atoms with Gasteiger partial charge in [-0.25, -0.2) is 0 Å². The molecule has 2 heteroatoms. The second-order valence-electron chi connectivity index (χ2n) is 6.14. The van der Waals surface area contributed by atoms with E-state index in [0.717, 1.165) is 25.7 Å². The van der Waals surface area contributed by atoms with Gasteiger partial charge in [-0.2, -0.15) is 0 Å². The molecule has 0 unspecified atom stereocenters. The highest BCUT2D eigenvalue weighted by Crippen LogP contribution is 2.38. The summed E-state index contributed by atoms with van der Waals surface area (Å²) in [5.74, 6) is 1.39. The smallest absolute Gasteiger partial charge is 0.0591 e. The molecule has 0 aliphatic heterocycles. The van der Waals surface area contributed by atoms with Gasteiger partial charge in [0.05, 0.1) is 6.61 Å². The summed E-state index contributed by atoms with van der Waals surface area (Å²) < 4.78 is 5.58. The zero-order chi connectivity index (χ0) is 13.7. The first-order valence-corrected chi connectivity index (χ1v) is 7.53. The lowest BCUT2D eigenvalue weighted by Gasteiger charge is -2.37. The van der Waals surface area contributed by atoms with Crippen molar-refractivity contribution in [2.24, 2.45) is 5.92 Å². The molecule has 0 spiro atoms. The third-order valence-corrected chi connectivity index (χ3v) is 3.90. The van der Waals surface area contributed by atoms with Gasteiger partial charge in [-0.05, 0) is 42.7 Å². The molecule has 0 heterocycles. The Bertz CT molecular complexity index is 383. The van der Waals surface area contributed by atoms with Crippen molar-refractivity contribution in [3.8, 4) is 0 Å². The fraction of sp³-hybridized carbons (Fsp3) is 0.647. The Hall–Kier alpha value is -0.860. The largest absolute Gasteiger partial charge is 0.380 e. The Morgan fingerprint density at radius 3 is 2.68 bits per heavy atom. The molecule has 1 fully saturated rings. The normalized spacial score (nSPS) is 22.5. The number of rotatable bonds is 7. The van der Waals surface area contributed by atoms with Crippen LogP contribution >= 0.6 is 0 Å². The minimum atomic E-state index is 0.633. The Labute approximate surface area is 117 Å². The summed E-state index contributed by atoms with van der Waals surface area (Å²) in [5, 5.41) is 3.59. The van der Waals surface area contributed by atoms with Gasteiger partial charge >= 0.3 is 0 Å². The predicted molar refractivity (Wildman–Crippen MR) is 80.6 cm³/mol. The van der Waals surface area contributed by atoms with Crippen LogP contribution in [0.1, 0.15) is 43.7 Å². The van der Waals surface area contributed by atoms with Gasteiger partial charge in [0, 0.05) is 19.2 Å². The van der Waals surface area contributed by atoms with E-state index in [4.69, 9.17) is 4.74 Å². The van der Waals surface area contributed by atoms with E-state index in [1.165, 1.54) is 24.0 Å². The Kier molecular flexibility index (Phi) is 5.41. The van der Waals surface area contributed by atoms with Crippen LogP contribution < -0.4 is 5.32 Å². The van der Waals surface area contributed by atoms with E-state index in [-0.39, 0.29) is 0 Å². The molecular weight excluding hydrogens is 234 g/mol. The molecule has 19 heavy (non-hydrogen) atoms. The molecule has 2 rings (SSSR count). The van der Waals surface area contributed by atoms with E-state index in [1.54, 1.807) is 0 Å². The highest BCUT2D eigenvalue weighted by Gasteiger charge is 2.30. The summed E-state index contributed by atoms with van der Waals surface area (Å²) in [5.41, 5.74) is 2.97. The molecule has 1 saturated carbocycles. The summed E-state index contributed by atoms with van der Waals surface area (Å²) in [6.45, 7) is 9.29. The molecule has 0 bridgehead atoms. The fourth-order valence-electron chi connectivity index (χ4n) is 2.74. The van der Waals surface area contributed by atoms with E-state index in [1.807, 2.05) is 0 Å².